The van der Waals surface area contributed by atoms with E-state index in [9.17, 15) is 0 Å². The summed E-state index contributed by atoms with van der Waals surface area (Å²) in [6, 6.07) is 8.42. The fourth-order valence-corrected chi connectivity index (χ4v) is 3.95. The van der Waals surface area contributed by atoms with Gasteiger partial charge in [-0.15, -0.1) is 11.8 Å². The lowest BCUT2D eigenvalue weighted by molar-refractivity contribution is 0.128. The van der Waals surface area contributed by atoms with E-state index in [4.69, 9.17) is 15.2 Å². The number of ether oxygens (including phenoxy) is 2. The van der Waals surface area contributed by atoms with Gasteiger partial charge in [-0.05, 0) is 37.0 Å². The van der Waals surface area contributed by atoms with E-state index in [1.54, 1.807) is 7.11 Å². The molecule has 1 aromatic rings. The molecule has 3 unspecified atom stereocenters. The lowest BCUT2D eigenvalue weighted by Crippen LogP contribution is -2.27. The van der Waals surface area contributed by atoms with Crippen molar-refractivity contribution >= 4 is 11.8 Å². The Kier molecular flexibility index (Phi) is 6.20. The predicted octanol–water partition coefficient (Wildman–Crippen LogP) is 3.39. The number of rotatable bonds is 7. The van der Waals surface area contributed by atoms with Gasteiger partial charge in [0.05, 0.1) is 13.2 Å². The molecule has 1 heterocycles. The van der Waals surface area contributed by atoms with Gasteiger partial charge in [0.1, 0.15) is 5.75 Å². The first kappa shape index (κ1) is 15.7. The van der Waals surface area contributed by atoms with Crippen LogP contribution in [0.4, 0.5) is 0 Å². The van der Waals surface area contributed by atoms with Gasteiger partial charge in [-0.2, -0.15) is 0 Å². The smallest absolute Gasteiger partial charge is 0.119 e. The van der Waals surface area contributed by atoms with Crippen LogP contribution in [-0.2, 0) is 4.74 Å². The molecule has 112 valence electrons. The van der Waals surface area contributed by atoms with Crippen molar-refractivity contribution < 1.29 is 9.47 Å². The maximum atomic E-state index is 6.32. The van der Waals surface area contributed by atoms with Crippen LogP contribution >= 0.6 is 11.8 Å². The zero-order valence-corrected chi connectivity index (χ0v) is 13.2. The molecule has 20 heavy (non-hydrogen) atoms. The summed E-state index contributed by atoms with van der Waals surface area (Å²) in [5.41, 5.74) is 7.57. The number of nitrogens with two attached hydrogens (primary N) is 1. The number of thioether (sulfide) groups is 1. The standard InChI is InChI=1S/C16H25NO2S/c1-3-15(17)16(20-11-14-8-5-9-19-14)12-6-4-7-13(10-12)18-2/h4,6-7,10,14-16H,3,5,8-9,11,17H2,1-2H3. The summed E-state index contributed by atoms with van der Waals surface area (Å²) in [5.74, 6) is 1.92. The number of hydrogen-bond donors (Lipinski definition) is 1. The van der Waals surface area contributed by atoms with Gasteiger partial charge in [0.2, 0.25) is 0 Å². The first-order chi connectivity index (χ1) is 9.74. The molecule has 0 radical (unpaired) electrons. The normalized spacial score (nSPS) is 21.6. The highest BCUT2D eigenvalue weighted by atomic mass is 32.2. The van der Waals surface area contributed by atoms with Crippen molar-refractivity contribution in [1.82, 2.24) is 0 Å². The maximum absolute atomic E-state index is 6.32. The van der Waals surface area contributed by atoms with Crippen molar-refractivity contribution in [3.05, 3.63) is 29.8 Å². The summed E-state index contributed by atoms with van der Waals surface area (Å²) >= 11 is 1.92. The van der Waals surface area contributed by atoms with Crippen molar-refractivity contribution in [3.8, 4) is 5.75 Å². The van der Waals surface area contributed by atoms with Gasteiger partial charge in [-0.1, -0.05) is 19.1 Å². The molecule has 3 atom stereocenters. The predicted molar refractivity (Wildman–Crippen MR) is 85.4 cm³/mol. The Morgan fingerprint density at radius 3 is 3.00 bits per heavy atom. The van der Waals surface area contributed by atoms with E-state index >= 15 is 0 Å². The van der Waals surface area contributed by atoms with Gasteiger partial charge in [-0.3, -0.25) is 0 Å². The minimum Gasteiger partial charge on any atom is -0.497 e. The fraction of sp³-hybridized carbons (Fsp3) is 0.625. The Morgan fingerprint density at radius 1 is 1.50 bits per heavy atom. The van der Waals surface area contributed by atoms with Crippen LogP contribution in [-0.4, -0.2) is 31.6 Å². The van der Waals surface area contributed by atoms with Crippen LogP contribution in [0.25, 0.3) is 0 Å². The molecule has 0 aliphatic carbocycles. The molecule has 3 nitrogen and oxygen atoms in total. The summed E-state index contributed by atoms with van der Waals surface area (Å²) in [6.07, 6.45) is 3.74. The number of benzene rings is 1. The first-order valence-corrected chi connectivity index (χ1v) is 8.42. The third-order valence-corrected chi connectivity index (χ3v) is 5.31. The van der Waals surface area contributed by atoms with Crippen LogP contribution in [0.3, 0.4) is 0 Å². The van der Waals surface area contributed by atoms with E-state index in [1.807, 2.05) is 23.9 Å². The Labute approximate surface area is 126 Å². The summed E-state index contributed by atoms with van der Waals surface area (Å²) in [4.78, 5) is 0. The maximum Gasteiger partial charge on any atom is 0.119 e. The average molecular weight is 295 g/mol. The number of hydrogen-bond acceptors (Lipinski definition) is 4. The second kappa shape index (κ2) is 7.91. The van der Waals surface area contributed by atoms with Gasteiger partial charge in [0.15, 0.2) is 0 Å². The Bertz CT molecular complexity index is 407. The van der Waals surface area contributed by atoms with E-state index in [0.717, 1.165) is 24.5 Å². The summed E-state index contributed by atoms with van der Waals surface area (Å²) in [7, 11) is 1.70. The van der Waals surface area contributed by atoms with Gasteiger partial charge < -0.3 is 15.2 Å². The topological polar surface area (TPSA) is 44.5 Å². The van der Waals surface area contributed by atoms with Gasteiger partial charge in [-0.25, -0.2) is 0 Å². The highest BCUT2D eigenvalue weighted by molar-refractivity contribution is 7.99. The Balaban J connectivity index is 2.05. The van der Waals surface area contributed by atoms with Crippen LogP contribution in [0.2, 0.25) is 0 Å². The largest absolute Gasteiger partial charge is 0.497 e. The molecule has 0 spiro atoms. The molecule has 2 N–H and O–H groups in total. The minimum absolute atomic E-state index is 0.161. The molecular weight excluding hydrogens is 270 g/mol. The lowest BCUT2D eigenvalue weighted by atomic mass is 10.0. The summed E-state index contributed by atoms with van der Waals surface area (Å²) in [6.45, 7) is 3.05. The second-order valence-electron chi connectivity index (χ2n) is 5.24. The van der Waals surface area contributed by atoms with Crippen molar-refractivity contribution in [2.75, 3.05) is 19.5 Å². The highest BCUT2D eigenvalue weighted by Gasteiger charge is 2.23. The first-order valence-electron chi connectivity index (χ1n) is 7.37. The molecule has 1 saturated heterocycles. The molecule has 1 aliphatic heterocycles. The molecular formula is C16H25NO2S. The van der Waals surface area contributed by atoms with Crippen molar-refractivity contribution in [3.63, 3.8) is 0 Å². The monoisotopic (exact) mass is 295 g/mol. The highest BCUT2D eigenvalue weighted by Crippen LogP contribution is 2.35. The van der Waals surface area contributed by atoms with E-state index in [1.165, 1.54) is 18.4 Å². The van der Waals surface area contributed by atoms with E-state index < -0.39 is 0 Å². The van der Waals surface area contributed by atoms with Gasteiger partial charge >= 0.3 is 0 Å². The molecule has 1 fully saturated rings. The second-order valence-corrected chi connectivity index (χ2v) is 6.41. The lowest BCUT2D eigenvalue weighted by Gasteiger charge is -2.24. The van der Waals surface area contributed by atoms with E-state index in [0.29, 0.717) is 11.4 Å². The summed E-state index contributed by atoms with van der Waals surface area (Å²) < 4.78 is 11.0. The molecule has 2 rings (SSSR count). The van der Waals surface area contributed by atoms with Crippen LogP contribution < -0.4 is 10.5 Å². The van der Waals surface area contributed by atoms with Gasteiger partial charge in [0.25, 0.3) is 0 Å². The zero-order valence-electron chi connectivity index (χ0n) is 12.4. The molecule has 0 bridgehead atoms. The fourth-order valence-electron chi connectivity index (χ4n) is 2.49. The van der Waals surface area contributed by atoms with Crippen molar-refractivity contribution in [2.24, 2.45) is 5.73 Å². The molecule has 1 aliphatic rings. The van der Waals surface area contributed by atoms with Crippen LogP contribution in [0, 0.1) is 0 Å². The van der Waals surface area contributed by atoms with E-state index in [2.05, 4.69) is 19.1 Å². The summed E-state index contributed by atoms with van der Waals surface area (Å²) in [5, 5.41) is 0.305. The van der Waals surface area contributed by atoms with E-state index in [-0.39, 0.29) is 6.04 Å². The van der Waals surface area contributed by atoms with Crippen LogP contribution in [0.5, 0.6) is 5.75 Å². The quantitative estimate of drug-likeness (QED) is 0.837. The van der Waals surface area contributed by atoms with Crippen molar-refractivity contribution in [1.29, 1.82) is 0 Å². The average Bonchev–Trinajstić information content (AvgIpc) is 3.00. The number of methoxy groups -OCH3 is 1. The SMILES string of the molecule is CCC(N)C(SCC1CCCO1)c1cccc(OC)c1. The molecule has 4 heteroatoms. The molecule has 0 amide bonds. The Hall–Kier alpha value is -0.710. The third-order valence-electron chi connectivity index (χ3n) is 3.77. The van der Waals surface area contributed by atoms with Crippen molar-refractivity contribution in [2.45, 2.75) is 43.6 Å². The Morgan fingerprint density at radius 2 is 2.35 bits per heavy atom. The van der Waals surface area contributed by atoms with Crippen LogP contribution in [0.1, 0.15) is 37.0 Å². The van der Waals surface area contributed by atoms with Crippen LogP contribution in [0.15, 0.2) is 24.3 Å². The minimum atomic E-state index is 0.161. The third kappa shape index (κ3) is 4.14. The zero-order chi connectivity index (χ0) is 14.4. The molecule has 0 saturated carbocycles. The van der Waals surface area contributed by atoms with Gasteiger partial charge in [0, 0.05) is 23.7 Å². The molecule has 0 aromatic heterocycles. The molecule has 1 aromatic carbocycles.